The largest absolute Gasteiger partial charge is 0.530 e. The van der Waals surface area contributed by atoms with Gasteiger partial charge in [0.05, 0.1) is 14.2 Å². The fraction of sp³-hybridized carbons (Fsp3) is 0.148. The number of rotatable bonds is 18. The van der Waals surface area contributed by atoms with E-state index in [0.717, 1.165) is 43.4 Å². The van der Waals surface area contributed by atoms with Crippen LogP contribution in [-0.4, -0.2) is 14.2 Å². The van der Waals surface area contributed by atoms with E-state index in [2.05, 4.69) is 65.1 Å². The highest BCUT2D eigenvalue weighted by Crippen LogP contribution is 2.56. The zero-order valence-corrected chi connectivity index (χ0v) is 38.5. The summed E-state index contributed by atoms with van der Waals surface area (Å²) in [5, 5.41) is 5.81. The topological polar surface area (TPSA) is 73.8 Å². The van der Waals surface area contributed by atoms with E-state index in [4.69, 9.17) is 36.6 Å². The van der Waals surface area contributed by atoms with Gasteiger partial charge in [0.25, 0.3) is 0 Å². The van der Waals surface area contributed by atoms with E-state index in [1.165, 1.54) is 6.08 Å². The highest BCUT2D eigenvalue weighted by molar-refractivity contribution is 7.43. The van der Waals surface area contributed by atoms with Gasteiger partial charge in [-0.3, -0.25) is 0 Å². The van der Waals surface area contributed by atoms with Crippen molar-refractivity contribution in [3.05, 3.63) is 188 Å². The SMILES string of the molecule is C=CC(=C)OP(Oc1c(-c2cc(OC)cc(C(C)C)c2OP(Oc2cccc3ccccc23)Oc2cccc3ccccc23)cc(OC)cc1C(C)C)Oc1cccc2ccccc12. The van der Waals surface area contributed by atoms with Crippen LogP contribution < -0.4 is 32.1 Å². The summed E-state index contributed by atoms with van der Waals surface area (Å²) in [6.45, 7) is 16.4. The maximum Gasteiger partial charge on any atom is 0.530 e. The van der Waals surface area contributed by atoms with Gasteiger partial charge in [0.15, 0.2) is 0 Å². The van der Waals surface area contributed by atoms with Crippen LogP contribution in [0.5, 0.6) is 40.2 Å². The summed E-state index contributed by atoms with van der Waals surface area (Å²) >= 11 is 0. The number of hydrogen-bond acceptors (Lipinski definition) is 8. The molecule has 0 spiro atoms. The fourth-order valence-electron chi connectivity index (χ4n) is 7.41. The maximum atomic E-state index is 7.24. The minimum absolute atomic E-state index is 0.0399. The van der Waals surface area contributed by atoms with Crippen LogP contribution in [-0.2, 0) is 4.52 Å². The van der Waals surface area contributed by atoms with E-state index in [-0.39, 0.29) is 11.8 Å². The van der Waals surface area contributed by atoms with Gasteiger partial charge in [-0.25, -0.2) is 0 Å². The predicted octanol–water partition coefficient (Wildman–Crippen LogP) is 16.2. The molecule has 0 amide bonds. The van der Waals surface area contributed by atoms with Gasteiger partial charge < -0.3 is 36.6 Å². The van der Waals surface area contributed by atoms with Crippen LogP contribution in [0.25, 0.3) is 43.4 Å². The molecule has 0 aliphatic rings. The lowest BCUT2D eigenvalue weighted by Gasteiger charge is -2.27. The van der Waals surface area contributed by atoms with Crippen LogP contribution in [0.3, 0.4) is 0 Å². The van der Waals surface area contributed by atoms with Gasteiger partial charge in [0.2, 0.25) is 0 Å². The normalized spacial score (nSPS) is 11.8. The first-order chi connectivity index (χ1) is 31.1. The van der Waals surface area contributed by atoms with Gasteiger partial charge in [-0.1, -0.05) is 150 Å². The Kier molecular flexibility index (Phi) is 13.6. The van der Waals surface area contributed by atoms with E-state index < -0.39 is 17.2 Å². The summed E-state index contributed by atoms with van der Waals surface area (Å²) in [6, 6.07) is 49.8. The number of hydrogen-bond donors (Lipinski definition) is 0. The molecule has 0 N–H and O–H groups in total. The molecular formula is C54H50O8P2. The number of ether oxygens (including phenoxy) is 2. The van der Waals surface area contributed by atoms with Crippen molar-refractivity contribution in [2.45, 2.75) is 39.5 Å². The van der Waals surface area contributed by atoms with Crippen molar-refractivity contribution in [1.29, 1.82) is 0 Å². The van der Waals surface area contributed by atoms with Crippen molar-refractivity contribution in [3.63, 3.8) is 0 Å². The van der Waals surface area contributed by atoms with E-state index in [1.807, 2.05) is 127 Å². The molecule has 0 heterocycles. The Morgan fingerprint density at radius 2 is 0.828 bits per heavy atom. The second kappa shape index (κ2) is 19.8. The van der Waals surface area contributed by atoms with Crippen molar-refractivity contribution in [3.8, 4) is 51.4 Å². The summed E-state index contributed by atoms with van der Waals surface area (Å²) in [5.74, 6) is 4.30. The van der Waals surface area contributed by atoms with Gasteiger partial charge in [-0.05, 0) is 76.5 Å². The van der Waals surface area contributed by atoms with E-state index >= 15 is 0 Å². The molecule has 10 heteroatoms. The lowest BCUT2D eigenvalue weighted by atomic mass is 9.91. The predicted molar refractivity (Wildman–Crippen MR) is 262 cm³/mol. The first-order valence-electron chi connectivity index (χ1n) is 21.0. The highest BCUT2D eigenvalue weighted by atomic mass is 31.2. The van der Waals surface area contributed by atoms with Crippen LogP contribution >= 0.6 is 17.2 Å². The zero-order chi connectivity index (χ0) is 44.7. The average Bonchev–Trinajstić information content (AvgIpc) is 3.31. The molecule has 1 unspecified atom stereocenters. The molecule has 0 saturated heterocycles. The molecule has 64 heavy (non-hydrogen) atoms. The molecule has 0 fully saturated rings. The van der Waals surface area contributed by atoms with Crippen LogP contribution in [0.1, 0.15) is 50.7 Å². The molecule has 0 radical (unpaired) electrons. The Morgan fingerprint density at radius 1 is 0.469 bits per heavy atom. The molecule has 8 aromatic rings. The standard InChI is InChI=1S/C54H50O8P2/c1-9-37(6)57-63(58-50-28-16-22-38-19-10-13-25-43(38)50)61-53-46(35(2)3)31-41(55-7)33-48(53)49-34-42(56-8)32-47(36(4)5)54(49)62-64(59-51-29-17-23-39-20-11-14-26-44(39)51)60-52-30-18-24-40-21-12-15-27-45(40)52/h9-36H,1,6H2,2-5,7-8H3. The number of fused-ring (bicyclic) bond motifs is 3. The van der Waals surface area contributed by atoms with E-state index in [1.54, 1.807) is 14.2 Å². The van der Waals surface area contributed by atoms with Gasteiger partial charge in [0, 0.05) is 38.4 Å². The Bertz CT molecular complexity index is 2870. The molecule has 8 nitrogen and oxygen atoms in total. The monoisotopic (exact) mass is 888 g/mol. The van der Waals surface area contributed by atoms with E-state index in [0.29, 0.717) is 57.1 Å². The smallest absolute Gasteiger partial charge is 0.497 e. The second-order valence-corrected chi connectivity index (χ2v) is 17.6. The number of benzene rings is 8. The third kappa shape index (κ3) is 9.60. The quantitative estimate of drug-likeness (QED) is 0.0479. The molecule has 0 saturated carbocycles. The molecule has 8 aromatic carbocycles. The fourth-order valence-corrected chi connectivity index (χ4v) is 9.56. The Hall–Kier alpha value is -6.72. The van der Waals surface area contributed by atoms with Crippen LogP contribution in [0.4, 0.5) is 0 Å². The first-order valence-corrected chi connectivity index (χ1v) is 23.2. The average molecular weight is 889 g/mol. The van der Waals surface area contributed by atoms with Crippen LogP contribution in [0, 0.1) is 0 Å². The molecule has 1 atom stereocenters. The maximum absolute atomic E-state index is 7.24. The Labute approximate surface area is 377 Å². The van der Waals surface area contributed by atoms with Gasteiger partial charge in [0.1, 0.15) is 46.0 Å². The van der Waals surface area contributed by atoms with Gasteiger partial charge >= 0.3 is 17.2 Å². The number of methoxy groups -OCH3 is 2. The highest BCUT2D eigenvalue weighted by Gasteiger charge is 2.32. The molecule has 0 aromatic heterocycles. The molecule has 0 aliphatic carbocycles. The summed E-state index contributed by atoms with van der Waals surface area (Å²) in [7, 11) is -1.08. The Morgan fingerprint density at radius 3 is 1.20 bits per heavy atom. The summed E-state index contributed by atoms with van der Waals surface area (Å²) in [4.78, 5) is 0. The van der Waals surface area contributed by atoms with Gasteiger partial charge in [-0.15, -0.1) is 0 Å². The summed E-state index contributed by atoms with van der Waals surface area (Å²) < 4.78 is 53.1. The molecule has 8 rings (SSSR count). The molecule has 0 bridgehead atoms. The van der Waals surface area contributed by atoms with Crippen molar-refractivity contribution >= 4 is 49.5 Å². The Balaban J connectivity index is 1.32. The number of allylic oxidation sites excluding steroid dienone is 1. The lowest BCUT2D eigenvalue weighted by Crippen LogP contribution is -2.08. The van der Waals surface area contributed by atoms with Crippen molar-refractivity contribution in [1.82, 2.24) is 0 Å². The minimum atomic E-state index is -2.20. The van der Waals surface area contributed by atoms with Gasteiger partial charge in [-0.2, -0.15) is 0 Å². The third-order valence-corrected chi connectivity index (χ3v) is 12.8. The van der Waals surface area contributed by atoms with Crippen molar-refractivity contribution in [2.24, 2.45) is 0 Å². The summed E-state index contributed by atoms with van der Waals surface area (Å²) in [5.41, 5.74) is 3.00. The molecule has 0 aliphatic heterocycles. The third-order valence-electron chi connectivity index (χ3n) is 10.7. The van der Waals surface area contributed by atoms with Crippen molar-refractivity contribution < 1.29 is 36.6 Å². The van der Waals surface area contributed by atoms with Crippen LogP contribution in [0.2, 0.25) is 0 Å². The van der Waals surface area contributed by atoms with Crippen LogP contribution in [0.15, 0.2) is 177 Å². The van der Waals surface area contributed by atoms with E-state index in [9.17, 15) is 0 Å². The molecular weight excluding hydrogens is 839 g/mol. The minimum Gasteiger partial charge on any atom is -0.497 e. The zero-order valence-electron chi connectivity index (χ0n) is 36.7. The second-order valence-electron chi connectivity index (χ2n) is 15.6. The lowest BCUT2D eigenvalue weighted by molar-refractivity contribution is 0.340. The first kappa shape index (κ1) is 43.9. The molecule has 324 valence electrons. The van der Waals surface area contributed by atoms with Crippen molar-refractivity contribution in [2.75, 3.05) is 14.2 Å². The summed E-state index contributed by atoms with van der Waals surface area (Å²) in [6.07, 6.45) is 1.53.